The Morgan fingerprint density at radius 3 is 2.71 bits per heavy atom. The zero-order valence-corrected chi connectivity index (χ0v) is 14.5. The van der Waals surface area contributed by atoms with E-state index in [-0.39, 0.29) is 5.25 Å². The molecule has 0 heterocycles. The molecule has 1 saturated carbocycles. The maximum absolute atomic E-state index is 12.4. The Morgan fingerprint density at radius 2 is 2.10 bits per heavy atom. The van der Waals surface area contributed by atoms with Crippen LogP contribution in [0.25, 0.3) is 0 Å². The van der Waals surface area contributed by atoms with Gasteiger partial charge in [-0.25, -0.2) is 13.1 Å². The number of hydrogen-bond donors (Lipinski definition) is 2. The molecule has 6 heteroatoms. The fourth-order valence-electron chi connectivity index (χ4n) is 2.07. The van der Waals surface area contributed by atoms with E-state index in [1.54, 1.807) is 17.8 Å². The Morgan fingerprint density at radius 1 is 1.38 bits per heavy atom. The summed E-state index contributed by atoms with van der Waals surface area (Å²) in [5.41, 5.74) is 1.90. The van der Waals surface area contributed by atoms with Crippen molar-refractivity contribution in [2.24, 2.45) is 0 Å². The third-order valence-corrected chi connectivity index (χ3v) is 6.35. The second-order valence-corrected chi connectivity index (χ2v) is 8.61. The summed E-state index contributed by atoms with van der Waals surface area (Å²) in [6.45, 7) is 5.08. The Hall–Kier alpha value is -0.560. The highest BCUT2D eigenvalue weighted by atomic mass is 32.2. The summed E-state index contributed by atoms with van der Waals surface area (Å²) in [5.74, 6) is 0. The molecule has 4 nitrogen and oxygen atoms in total. The van der Waals surface area contributed by atoms with Gasteiger partial charge in [0, 0.05) is 24.4 Å². The molecule has 0 aliphatic heterocycles. The largest absolute Gasteiger partial charge is 0.310 e. The van der Waals surface area contributed by atoms with Crippen molar-refractivity contribution in [3.8, 4) is 0 Å². The molecular weight excluding hydrogens is 304 g/mol. The van der Waals surface area contributed by atoms with E-state index in [4.69, 9.17) is 0 Å². The molecule has 0 aromatic heterocycles. The number of benzene rings is 1. The summed E-state index contributed by atoms with van der Waals surface area (Å²) in [4.78, 5) is 0.394. The summed E-state index contributed by atoms with van der Waals surface area (Å²) in [7, 11) is -3.43. The first-order chi connectivity index (χ1) is 9.94. The van der Waals surface area contributed by atoms with Crippen LogP contribution in [0.3, 0.4) is 0 Å². The van der Waals surface area contributed by atoms with Gasteiger partial charge in [-0.1, -0.05) is 19.1 Å². The van der Waals surface area contributed by atoms with E-state index in [9.17, 15) is 8.42 Å². The molecule has 0 spiro atoms. The molecular formula is C15H24N2O2S2. The quantitative estimate of drug-likeness (QED) is 0.769. The van der Waals surface area contributed by atoms with Crippen LogP contribution in [0.15, 0.2) is 23.1 Å². The summed E-state index contributed by atoms with van der Waals surface area (Å²) in [5, 5.41) is 3.70. The molecule has 1 aromatic rings. The number of rotatable bonds is 8. The van der Waals surface area contributed by atoms with E-state index in [0.29, 0.717) is 17.5 Å². The summed E-state index contributed by atoms with van der Waals surface area (Å²) in [6.07, 6.45) is 4.44. The van der Waals surface area contributed by atoms with Crippen molar-refractivity contribution in [3.63, 3.8) is 0 Å². The molecule has 118 valence electrons. The summed E-state index contributed by atoms with van der Waals surface area (Å²) >= 11 is 1.65. The first-order valence-electron chi connectivity index (χ1n) is 7.28. The van der Waals surface area contributed by atoms with Gasteiger partial charge in [-0.15, -0.1) is 0 Å². The molecule has 0 saturated heterocycles. The van der Waals surface area contributed by atoms with Gasteiger partial charge in [0.1, 0.15) is 0 Å². The van der Waals surface area contributed by atoms with Gasteiger partial charge >= 0.3 is 0 Å². The van der Waals surface area contributed by atoms with Gasteiger partial charge < -0.3 is 5.32 Å². The molecule has 1 unspecified atom stereocenters. The lowest BCUT2D eigenvalue weighted by Crippen LogP contribution is -2.30. The molecule has 0 radical (unpaired) electrons. The van der Waals surface area contributed by atoms with E-state index in [1.165, 1.54) is 12.8 Å². The van der Waals surface area contributed by atoms with Gasteiger partial charge in [-0.3, -0.25) is 0 Å². The number of hydrogen-bond acceptors (Lipinski definition) is 4. The van der Waals surface area contributed by atoms with Crippen LogP contribution >= 0.6 is 11.8 Å². The number of sulfonamides is 1. The van der Waals surface area contributed by atoms with E-state index in [2.05, 4.69) is 10.0 Å². The molecule has 0 bridgehead atoms. The predicted molar refractivity (Wildman–Crippen MR) is 89.2 cm³/mol. The summed E-state index contributed by atoms with van der Waals surface area (Å²) < 4.78 is 27.6. The smallest absolute Gasteiger partial charge is 0.240 e. The van der Waals surface area contributed by atoms with Crippen LogP contribution in [-0.4, -0.2) is 32.5 Å². The molecule has 2 rings (SSSR count). The lowest BCUT2D eigenvalue weighted by Gasteiger charge is -2.15. The molecule has 0 amide bonds. The maximum Gasteiger partial charge on any atom is 0.240 e. The minimum Gasteiger partial charge on any atom is -0.310 e. The first-order valence-corrected chi connectivity index (χ1v) is 10.1. The van der Waals surface area contributed by atoms with Crippen LogP contribution in [0.5, 0.6) is 0 Å². The predicted octanol–water partition coefficient (Wildman–Crippen LogP) is 2.28. The number of thioether (sulfide) groups is 1. The average Bonchev–Trinajstić information content (AvgIpc) is 3.27. The van der Waals surface area contributed by atoms with Crippen molar-refractivity contribution < 1.29 is 8.42 Å². The van der Waals surface area contributed by atoms with E-state index < -0.39 is 10.0 Å². The van der Waals surface area contributed by atoms with Crippen LogP contribution in [-0.2, 0) is 16.6 Å². The molecule has 1 atom stereocenters. The van der Waals surface area contributed by atoms with Gasteiger partial charge in [0.2, 0.25) is 10.0 Å². The molecule has 1 aromatic carbocycles. The number of nitrogens with one attached hydrogen (secondary N) is 2. The minimum absolute atomic E-state index is 0.264. The zero-order valence-electron chi connectivity index (χ0n) is 12.8. The lowest BCUT2D eigenvalue weighted by atomic mass is 10.1. The van der Waals surface area contributed by atoms with Gasteiger partial charge in [0.15, 0.2) is 0 Å². The standard InChI is InChI=1S/C15H24N2O2S2/c1-11(20-3)9-17-21(18,19)15-6-4-5-13(12(15)2)10-16-14-7-8-14/h4-6,11,14,16-17H,7-10H2,1-3H3. The first kappa shape index (κ1) is 16.8. The Kier molecular flexibility index (Phi) is 5.71. The third-order valence-electron chi connectivity index (χ3n) is 3.81. The second kappa shape index (κ2) is 7.13. The molecule has 1 aliphatic carbocycles. The van der Waals surface area contributed by atoms with Gasteiger partial charge in [0.05, 0.1) is 4.90 Å². The van der Waals surface area contributed by atoms with Crippen LogP contribution in [0.1, 0.15) is 30.9 Å². The van der Waals surface area contributed by atoms with Gasteiger partial charge in [-0.05, 0) is 43.2 Å². The van der Waals surface area contributed by atoms with E-state index >= 15 is 0 Å². The van der Waals surface area contributed by atoms with Gasteiger partial charge in [-0.2, -0.15) is 11.8 Å². The lowest BCUT2D eigenvalue weighted by molar-refractivity contribution is 0.580. The monoisotopic (exact) mass is 328 g/mol. The van der Waals surface area contributed by atoms with Crippen molar-refractivity contribution in [1.82, 2.24) is 10.0 Å². The van der Waals surface area contributed by atoms with E-state index in [0.717, 1.165) is 17.7 Å². The highest BCUT2D eigenvalue weighted by Crippen LogP contribution is 2.22. The van der Waals surface area contributed by atoms with Crippen molar-refractivity contribution in [3.05, 3.63) is 29.3 Å². The Labute approximate surface area is 132 Å². The van der Waals surface area contributed by atoms with Crippen LogP contribution in [0, 0.1) is 6.92 Å². The van der Waals surface area contributed by atoms with E-state index in [1.807, 2.05) is 32.2 Å². The van der Waals surface area contributed by atoms with Crippen molar-refractivity contribution >= 4 is 21.8 Å². The summed E-state index contributed by atoms with van der Waals surface area (Å²) in [6, 6.07) is 6.12. The average molecular weight is 329 g/mol. The highest BCUT2D eigenvalue weighted by molar-refractivity contribution is 7.99. The molecule has 1 aliphatic rings. The fraction of sp³-hybridized carbons (Fsp3) is 0.600. The van der Waals surface area contributed by atoms with Crippen molar-refractivity contribution in [2.45, 2.75) is 49.4 Å². The molecule has 2 N–H and O–H groups in total. The third kappa shape index (κ3) is 4.71. The van der Waals surface area contributed by atoms with Crippen molar-refractivity contribution in [1.29, 1.82) is 0 Å². The highest BCUT2D eigenvalue weighted by Gasteiger charge is 2.22. The van der Waals surface area contributed by atoms with Gasteiger partial charge in [0.25, 0.3) is 0 Å². The second-order valence-electron chi connectivity index (χ2n) is 5.59. The molecule has 1 fully saturated rings. The van der Waals surface area contributed by atoms with Crippen LogP contribution < -0.4 is 10.0 Å². The van der Waals surface area contributed by atoms with Crippen LogP contribution in [0.2, 0.25) is 0 Å². The Bertz CT molecular complexity index is 583. The molecule has 21 heavy (non-hydrogen) atoms. The van der Waals surface area contributed by atoms with Crippen LogP contribution in [0.4, 0.5) is 0 Å². The minimum atomic E-state index is -3.43. The maximum atomic E-state index is 12.4. The SMILES string of the molecule is CSC(C)CNS(=O)(=O)c1cccc(CNC2CC2)c1C. The fourth-order valence-corrected chi connectivity index (χ4v) is 3.84. The van der Waals surface area contributed by atoms with Crippen molar-refractivity contribution in [2.75, 3.05) is 12.8 Å². The normalized spacial score (nSPS) is 16.9. The topological polar surface area (TPSA) is 58.2 Å². The zero-order chi connectivity index (χ0) is 15.5. The Balaban J connectivity index is 2.11.